The van der Waals surface area contributed by atoms with Gasteiger partial charge in [0.25, 0.3) is 0 Å². The average Bonchev–Trinajstić information content (AvgIpc) is 2.95. The summed E-state index contributed by atoms with van der Waals surface area (Å²) in [5.74, 6) is 1.59. The van der Waals surface area contributed by atoms with E-state index in [0.29, 0.717) is 11.3 Å². The van der Waals surface area contributed by atoms with E-state index < -0.39 is 10.8 Å². The molecule has 1 atom stereocenters. The van der Waals surface area contributed by atoms with Gasteiger partial charge in [0.2, 0.25) is 0 Å². The van der Waals surface area contributed by atoms with Crippen molar-refractivity contribution in [1.82, 2.24) is 0 Å². The van der Waals surface area contributed by atoms with Crippen molar-refractivity contribution in [3.05, 3.63) is 71.3 Å². The Labute approximate surface area is 138 Å². The summed E-state index contributed by atoms with van der Waals surface area (Å²) in [4.78, 5) is 1.40. The van der Waals surface area contributed by atoms with E-state index in [2.05, 4.69) is 6.58 Å². The molecule has 0 bridgehead atoms. The van der Waals surface area contributed by atoms with Gasteiger partial charge in [-0.05, 0) is 37.3 Å². The highest BCUT2D eigenvalue weighted by atomic mass is 32.2. The van der Waals surface area contributed by atoms with E-state index in [1.165, 1.54) is 0 Å². The van der Waals surface area contributed by atoms with E-state index >= 15 is 0 Å². The van der Waals surface area contributed by atoms with Crippen molar-refractivity contribution in [3.63, 3.8) is 0 Å². The van der Waals surface area contributed by atoms with Gasteiger partial charge in [-0.3, -0.25) is 0 Å². The Hall–Kier alpha value is -2.33. The highest BCUT2D eigenvalue weighted by Crippen LogP contribution is 2.30. The quantitative estimate of drug-likeness (QED) is 0.687. The molecule has 3 nitrogen and oxygen atoms in total. The maximum absolute atomic E-state index is 12.6. The Bertz CT molecular complexity index is 878. The maximum Gasteiger partial charge on any atom is 0.138 e. The van der Waals surface area contributed by atoms with Gasteiger partial charge in [0.1, 0.15) is 17.1 Å². The van der Waals surface area contributed by atoms with Gasteiger partial charge >= 0.3 is 0 Å². The van der Waals surface area contributed by atoms with Crippen molar-refractivity contribution in [1.29, 1.82) is 0 Å². The number of hydrogen-bond acceptors (Lipinski definition) is 3. The van der Waals surface area contributed by atoms with Gasteiger partial charge in [-0.2, -0.15) is 0 Å². The molecule has 23 heavy (non-hydrogen) atoms. The zero-order valence-electron chi connectivity index (χ0n) is 13.2. The molecule has 118 valence electrons. The van der Waals surface area contributed by atoms with Crippen LogP contribution >= 0.6 is 0 Å². The number of allylic oxidation sites excluding steroid dienone is 1. The van der Waals surface area contributed by atoms with Gasteiger partial charge in [-0.1, -0.05) is 24.8 Å². The summed E-state index contributed by atoms with van der Waals surface area (Å²) < 4.78 is 23.7. The molecule has 1 unspecified atom stereocenters. The molecule has 3 rings (SSSR count). The van der Waals surface area contributed by atoms with Gasteiger partial charge in [0.15, 0.2) is 0 Å². The molecule has 4 heteroatoms. The van der Waals surface area contributed by atoms with Crippen LogP contribution in [0.3, 0.4) is 0 Å². The lowest BCUT2D eigenvalue weighted by Crippen LogP contribution is -1.99. The predicted octanol–water partition coefficient (Wildman–Crippen LogP) is 4.61. The first-order chi connectivity index (χ1) is 11.1. The van der Waals surface area contributed by atoms with Crippen LogP contribution in [0.2, 0.25) is 0 Å². The highest BCUT2D eigenvalue weighted by molar-refractivity contribution is 7.89. The van der Waals surface area contributed by atoms with Crippen LogP contribution in [0.1, 0.15) is 11.3 Å². The molecular weight excluding hydrogens is 308 g/mol. The lowest BCUT2D eigenvalue weighted by Gasteiger charge is -2.09. The van der Waals surface area contributed by atoms with Gasteiger partial charge in [-0.15, -0.1) is 0 Å². The Morgan fingerprint density at radius 1 is 1.22 bits per heavy atom. The minimum absolute atomic E-state index is 0.474. The average molecular weight is 326 g/mol. The third-order valence-electron chi connectivity index (χ3n) is 3.63. The fraction of sp³-hybridized carbons (Fsp3) is 0.158. The van der Waals surface area contributed by atoms with Gasteiger partial charge in [0, 0.05) is 27.2 Å². The topological polar surface area (TPSA) is 39.4 Å². The van der Waals surface area contributed by atoms with E-state index in [1.807, 2.05) is 55.5 Å². The van der Waals surface area contributed by atoms with Crippen molar-refractivity contribution < 1.29 is 13.4 Å². The third-order valence-corrected chi connectivity index (χ3v) is 5.00. The summed E-state index contributed by atoms with van der Waals surface area (Å²) in [6.07, 6.45) is 0.474. The number of fused-ring (bicyclic) bond motifs is 1. The molecule has 1 aromatic heterocycles. The van der Waals surface area contributed by atoms with E-state index in [-0.39, 0.29) is 0 Å². The lowest BCUT2D eigenvalue weighted by molar-refractivity contribution is 0.415. The second kappa shape index (κ2) is 6.42. The van der Waals surface area contributed by atoms with Crippen LogP contribution in [0.25, 0.3) is 11.0 Å². The Morgan fingerprint density at radius 3 is 2.65 bits per heavy atom. The number of methoxy groups -OCH3 is 1. The minimum Gasteiger partial charge on any atom is -0.497 e. The summed E-state index contributed by atoms with van der Waals surface area (Å²) in [7, 11) is 0.384. The molecule has 0 aliphatic carbocycles. The first kappa shape index (κ1) is 15.6. The molecule has 0 saturated carbocycles. The first-order valence-electron chi connectivity index (χ1n) is 7.30. The van der Waals surface area contributed by atoms with Gasteiger partial charge in [0.05, 0.1) is 17.9 Å². The molecule has 3 aromatic rings. The van der Waals surface area contributed by atoms with E-state index in [9.17, 15) is 4.21 Å². The van der Waals surface area contributed by atoms with E-state index in [4.69, 9.17) is 9.15 Å². The zero-order chi connectivity index (χ0) is 16.4. The molecule has 0 amide bonds. The molecule has 1 heterocycles. The van der Waals surface area contributed by atoms with Crippen molar-refractivity contribution >= 4 is 21.8 Å². The van der Waals surface area contributed by atoms with Crippen LogP contribution in [-0.4, -0.2) is 11.3 Å². The number of hydrogen-bond donors (Lipinski definition) is 0. The molecular formula is C19H18O3S. The molecule has 0 fully saturated rings. The number of ether oxygens (including phenoxy) is 1. The van der Waals surface area contributed by atoms with Crippen molar-refractivity contribution in [3.8, 4) is 5.75 Å². The molecule has 0 saturated heterocycles. The monoisotopic (exact) mass is 326 g/mol. The van der Waals surface area contributed by atoms with E-state index in [1.54, 1.807) is 7.11 Å². The number of aryl methyl sites for hydroxylation is 1. The molecule has 0 N–H and O–H groups in total. The number of rotatable bonds is 5. The Kier molecular flexibility index (Phi) is 4.35. The zero-order valence-corrected chi connectivity index (χ0v) is 14.0. The first-order valence-corrected chi connectivity index (χ1v) is 8.45. The van der Waals surface area contributed by atoms with Crippen LogP contribution in [-0.2, 0) is 17.2 Å². The standard InChI is InChI=1S/C19H18O3S/c1-13-9-15-11-17(21-3)12-16(19(15)22-13)10-14(2)23(20)18-7-5-4-6-8-18/h4-9,11-12H,2,10H2,1,3H3. The fourth-order valence-corrected chi connectivity index (χ4v) is 3.59. The summed E-state index contributed by atoms with van der Waals surface area (Å²) >= 11 is 0. The summed E-state index contributed by atoms with van der Waals surface area (Å²) in [6.45, 7) is 5.92. The van der Waals surface area contributed by atoms with Crippen molar-refractivity contribution in [2.75, 3.05) is 7.11 Å². The Morgan fingerprint density at radius 2 is 1.96 bits per heavy atom. The van der Waals surface area contributed by atoms with Crippen LogP contribution in [0, 0.1) is 6.92 Å². The summed E-state index contributed by atoms with van der Waals surface area (Å²) in [6, 6.07) is 15.2. The van der Waals surface area contributed by atoms with Crippen LogP contribution in [0.4, 0.5) is 0 Å². The normalized spacial score (nSPS) is 12.3. The minimum atomic E-state index is -1.25. The molecule has 0 spiro atoms. The van der Waals surface area contributed by atoms with E-state index in [0.717, 1.165) is 32.9 Å². The molecule has 0 aliphatic heterocycles. The van der Waals surface area contributed by atoms with Crippen LogP contribution in [0.15, 0.2) is 69.3 Å². The molecule has 0 radical (unpaired) electrons. The smallest absolute Gasteiger partial charge is 0.138 e. The van der Waals surface area contributed by atoms with Crippen LogP contribution < -0.4 is 4.74 Å². The second-order valence-electron chi connectivity index (χ2n) is 5.36. The second-order valence-corrected chi connectivity index (χ2v) is 6.95. The largest absolute Gasteiger partial charge is 0.497 e. The van der Waals surface area contributed by atoms with Crippen molar-refractivity contribution in [2.24, 2.45) is 0 Å². The Balaban J connectivity index is 1.94. The van der Waals surface area contributed by atoms with Gasteiger partial charge in [-0.25, -0.2) is 4.21 Å². The highest BCUT2D eigenvalue weighted by Gasteiger charge is 2.14. The third kappa shape index (κ3) is 3.22. The predicted molar refractivity (Wildman–Crippen MR) is 93.2 cm³/mol. The van der Waals surface area contributed by atoms with Crippen LogP contribution in [0.5, 0.6) is 5.75 Å². The van der Waals surface area contributed by atoms with Gasteiger partial charge < -0.3 is 9.15 Å². The fourth-order valence-electron chi connectivity index (χ4n) is 2.56. The molecule has 0 aliphatic rings. The number of benzene rings is 2. The number of furan rings is 1. The SMILES string of the molecule is C=C(Cc1cc(OC)cc2cc(C)oc12)S(=O)c1ccccc1. The maximum atomic E-state index is 12.6. The summed E-state index contributed by atoms with van der Waals surface area (Å²) in [5.41, 5.74) is 1.73. The lowest BCUT2D eigenvalue weighted by atomic mass is 10.1. The van der Waals surface area contributed by atoms with Crippen molar-refractivity contribution in [2.45, 2.75) is 18.2 Å². The molecule has 2 aromatic carbocycles. The summed E-state index contributed by atoms with van der Waals surface area (Å²) in [5, 5.41) is 0.982.